The van der Waals surface area contributed by atoms with Crippen LogP contribution < -0.4 is 5.32 Å². The van der Waals surface area contributed by atoms with Crippen molar-refractivity contribution in [3.8, 4) is 0 Å². The predicted octanol–water partition coefficient (Wildman–Crippen LogP) is 2.51. The Kier molecular flexibility index (Phi) is 4.35. The number of nitrogens with one attached hydrogen (secondary N) is 1. The number of nitro benzene ring substituents is 1. The Morgan fingerprint density at radius 3 is 2.57 bits per heavy atom. The van der Waals surface area contributed by atoms with Crippen LogP contribution in [0.3, 0.4) is 0 Å². The zero-order valence-corrected chi connectivity index (χ0v) is 11.2. The molecule has 0 unspecified atom stereocenters. The summed E-state index contributed by atoms with van der Waals surface area (Å²) in [5.74, 6) is -0.0140. The van der Waals surface area contributed by atoms with Gasteiger partial charge in [-0.2, -0.15) is 0 Å². The highest BCUT2D eigenvalue weighted by Crippen LogP contribution is 2.14. The molecule has 0 aliphatic carbocycles. The lowest BCUT2D eigenvalue weighted by molar-refractivity contribution is -0.384. The minimum Gasteiger partial charge on any atom is -0.295 e. The van der Waals surface area contributed by atoms with E-state index in [2.05, 4.69) is 15.3 Å². The van der Waals surface area contributed by atoms with Crippen molar-refractivity contribution in [2.75, 3.05) is 5.32 Å². The summed E-state index contributed by atoms with van der Waals surface area (Å²) in [5, 5.41) is 13.0. The standard InChI is InChI=1S/C14H12N4O3/c1-10(19)16-14-15-9-8-12(17-14)5-2-11-3-6-13(7-4-11)18(20)21/h2-9H,1H3,(H,15,16,17,19)/b5-2+. The first kappa shape index (κ1) is 14.3. The number of nitro groups is 1. The molecule has 2 aromatic rings. The number of hydrogen-bond acceptors (Lipinski definition) is 5. The SMILES string of the molecule is CC(=O)Nc1nccc(/C=C/c2ccc([N+](=O)[O-])cc2)n1. The normalized spacial score (nSPS) is 10.5. The topological polar surface area (TPSA) is 98.0 Å². The number of carbonyl (C=O) groups excluding carboxylic acids is 1. The smallest absolute Gasteiger partial charge is 0.269 e. The Hall–Kier alpha value is -3.09. The summed E-state index contributed by atoms with van der Waals surface area (Å²) in [6.07, 6.45) is 5.03. The molecular weight excluding hydrogens is 272 g/mol. The van der Waals surface area contributed by atoms with Gasteiger partial charge in [0.05, 0.1) is 10.6 Å². The summed E-state index contributed by atoms with van der Waals surface area (Å²) in [5.41, 5.74) is 1.47. The third kappa shape index (κ3) is 4.20. The van der Waals surface area contributed by atoms with Gasteiger partial charge in [-0.15, -0.1) is 0 Å². The number of amides is 1. The summed E-state index contributed by atoms with van der Waals surface area (Å²) >= 11 is 0. The van der Waals surface area contributed by atoms with E-state index in [-0.39, 0.29) is 17.5 Å². The lowest BCUT2D eigenvalue weighted by atomic mass is 10.2. The van der Waals surface area contributed by atoms with E-state index in [0.717, 1.165) is 5.56 Å². The lowest BCUT2D eigenvalue weighted by Crippen LogP contribution is -2.09. The average molecular weight is 284 g/mol. The van der Waals surface area contributed by atoms with Crippen molar-refractivity contribution < 1.29 is 9.72 Å². The van der Waals surface area contributed by atoms with Crippen LogP contribution in [0.4, 0.5) is 11.6 Å². The number of anilines is 1. The zero-order valence-electron chi connectivity index (χ0n) is 11.2. The molecule has 1 heterocycles. The molecule has 0 saturated carbocycles. The largest absolute Gasteiger partial charge is 0.295 e. The molecule has 7 nitrogen and oxygen atoms in total. The van der Waals surface area contributed by atoms with Crippen molar-refractivity contribution in [2.24, 2.45) is 0 Å². The van der Waals surface area contributed by atoms with Crippen molar-refractivity contribution >= 4 is 29.7 Å². The van der Waals surface area contributed by atoms with E-state index in [1.165, 1.54) is 25.3 Å². The molecule has 1 aromatic heterocycles. The summed E-state index contributed by atoms with van der Waals surface area (Å²) in [6, 6.07) is 7.84. The van der Waals surface area contributed by atoms with Crippen molar-refractivity contribution in [3.05, 3.63) is 57.9 Å². The Balaban J connectivity index is 2.13. The van der Waals surface area contributed by atoms with Crippen molar-refractivity contribution in [1.29, 1.82) is 0 Å². The van der Waals surface area contributed by atoms with E-state index >= 15 is 0 Å². The second-order valence-corrected chi connectivity index (χ2v) is 4.17. The quantitative estimate of drug-likeness (QED) is 0.687. The van der Waals surface area contributed by atoms with Crippen LogP contribution in [-0.4, -0.2) is 20.8 Å². The van der Waals surface area contributed by atoms with E-state index in [4.69, 9.17) is 0 Å². The van der Waals surface area contributed by atoms with E-state index in [9.17, 15) is 14.9 Å². The maximum absolute atomic E-state index is 10.9. The molecule has 7 heteroatoms. The van der Waals surface area contributed by atoms with Gasteiger partial charge in [0.25, 0.3) is 5.69 Å². The van der Waals surface area contributed by atoms with Gasteiger partial charge >= 0.3 is 0 Å². The fourth-order valence-corrected chi connectivity index (χ4v) is 1.57. The molecule has 0 spiro atoms. The van der Waals surface area contributed by atoms with Crippen LogP contribution in [0.2, 0.25) is 0 Å². The molecule has 0 bridgehead atoms. The van der Waals surface area contributed by atoms with Gasteiger partial charge in [-0.3, -0.25) is 20.2 Å². The molecule has 1 N–H and O–H groups in total. The maximum Gasteiger partial charge on any atom is 0.269 e. The highest BCUT2D eigenvalue weighted by molar-refractivity contribution is 5.86. The Morgan fingerprint density at radius 1 is 1.24 bits per heavy atom. The van der Waals surface area contributed by atoms with Crippen molar-refractivity contribution in [1.82, 2.24) is 9.97 Å². The first-order valence-corrected chi connectivity index (χ1v) is 6.08. The second kappa shape index (κ2) is 6.38. The fraction of sp³-hybridized carbons (Fsp3) is 0.0714. The van der Waals surface area contributed by atoms with Gasteiger partial charge in [-0.05, 0) is 29.8 Å². The third-order valence-electron chi connectivity index (χ3n) is 2.52. The molecule has 106 valence electrons. The summed E-state index contributed by atoms with van der Waals surface area (Å²) in [7, 11) is 0. The molecule has 0 atom stereocenters. The van der Waals surface area contributed by atoms with E-state index < -0.39 is 4.92 Å². The molecule has 0 saturated heterocycles. The predicted molar refractivity (Wildman–Crippen MR) is 78.4 cm³/mol. The number of rotatable bonds is 4. The van der Waals surface area contributed by atoms with E-state index in [0.29, 0.717) is 5.69 Å². The zero-order chi connectivity index (χ0) is 15.2. The number of hydrogen-bond donors (Lipinski definition) is 1. The fourth-order valence-electron chi connectivity index (χ4n) is 1.57. The molecule has 0 fully saturated rings. The van der Waals surface area contributed by atoms with Gasteiger partial charge in [0.15, 0.2) is 0 Å². The van der Waals surface area contributed by atoms with Crippen LogP contribution in [0.1, 0.15) is 18.2 Å². The van der Waals surface area contributed by atoms with Gasteiger partial charge in [0.2, 0.25) is 11.9 Å². The van der Waals surface area contributed by atoms with Crippen molar-refractivity contribution in [3.63, 3.8) is 0 Å². The van der Waals surface area contributed by atoms with Crippen LogP contribution in [-0.2, 0) is 4.79 Å². The summed E-state index contributed by atoms with van der Waals surface area (Å²) < 4.78 is 0. The number of non-ortho nitro benzene ring substituents is 1. The number of aromatic nitrogens is 2. The van der Waals surface area contributed by atoms with Crippen LogP contribution in [0.25, 0.3) is 12.2 Å². The van der Waals surface area contributed by atoms with Crippen molar-refractivity contribution in [2.45, 2.75) is 6.92 Å². The first-order valence-electron chi connectivity index (χ1n) is 6.08. The average Bonchev–Trinajstić information content (AvgIpc) is 2.45. The Morgan fingerprint density at radius 2 is 1.95 bits per heavy atom. The minimum absolute atomic E-state index is 0.0436. The molecule has 1 aromatic carbocycles. The van der Waals surface area contributed by atoms with Gasteiger partial charge in [0, 0.05) is 25.3 Å². The van der Waals surface area contributed by atoms with Crippen LogP contribution >= 0.6 is 0 Å². The molecule has 2 rings (SSSR count). The number of benzene rings is 1. The van der Waals surface area contributed by atoms with Crippen LogP contribution in [0.15, 0.2) is 36.5 Å². The first-order chi connectivity index (χ1) is 10.0. The Labute approximate surface area is 120 Å². The summed E-state index contributed by atoms with van der Waals surface area (Å²) in [6.45, 7) is 1.38. The third-order valence-corrected chi connectivity index (χ3v) is 2.52. The molecule has 21 heavy (non-hydrogen) atoms. The number of carbonyl (C=O) groups is 1. The van der Waals surface area contributed by atoms with Gasteiger partial charge in [0.1, 0.15) is 0 Å². The highest BCUT2D eigenvalue weighted by atomic mass is 16.6. The highest BCUT2D eigenvalue weighted by Gasteiger charge is 2.02. The van der Waals surface area contributed by atoms with Gasteiger partial charge in [-0.25, -0.2) is 9.97 Å². The van der Waals surface area contributed by atoms with Crippen LogP contribution in [0, 0.1) is 10.1 Å². The lowest BCUT2D eigenvalue weighted by Gasteiger charge is -2.00. The monoisotopic (exact) mass is 284 g/mol. The minimum atomic E-state index is -0.447. The Bertz CT molecular complexity index is 696. The maximum atomic E-state index is 10.9. The molecule has 0 aliphatic heterocycles. The molecule has 0 radical (unpaired) electrons. The van der Waals surface area contributed by atoms with Gasteiger partial charge in [-0.1, -0.05) is 6.08 Å². The second-order valence-electron chi connectivity index (χ2n) is 4.17. The van der Waals surface area contributed by atoms with E-state index in [1.54, 1.807) is 30.4 Å². The molecule has 1 amide bonds. The molecule has 0 aliphatic rings. The molecular formula is C14H12N4O3. The summed E-state index contributed by atoms with van der Waals surface area (Å²) in [4.78, 5) is 29.1. The number of nitrogens with zero attached hydrogens (tertiary/aromatic N) is 3. The van der Waals surface area contributed by atoms with Gasteiger partial charge < -0.3 is 0 Å². The van der Waals surface area contributed by atoms with Crippen LogP contribution in [0.5, 0.6) is 0 Å². The van der Waals surface area contributed by atoms with E-state index in [1.807, 2.05) is 0 Å².